The van der Waals surface area contributed by atoms with Crippen LogP contribution >= 0.6 is 0 Å². The number of aromatic nitrogens is 2. The molecular weight excluding hydrogens is 330 g/mol. The van der Waals surface area contributed by atoms with Gasteiger partial charge in [0.2, 0.25) is 0 Å². The maximum absolute atomic E-state index is 12.4. The first-order chi connectivity index (χ1) is 12.7. The fraction of sp³-hybridized carbons (Fsp3) is 0.0500. The lowest BCUT2D eigenvalue weighted by atomic mass is 10.1. The molecule has 6 nitrogen and oxygen atoms in total. The molecule has 0 saturated carbocycles. The highest BCUT2D eigenvalue weighted by Gasteiger charge is 2.13. The van der Waals surface area contributed by atoms with Crippen molar-refractivity contribution < 1.29 is 9.21 Å². The van der Waals surface area contributed by atoms with Crippen LogP contribution in [0.5, 0.6) is 0 Å². The first-order valence-corrected chi connectivity index (χ1v) is 8.11. The molecule has 1 N–H and O–H groups in total. The molecule has 0 aliphatic heterocycles. The Balaban J connectivity index is 1.58. The van der Waals surface area contributed by atoms with Crippen molar-refractivity contribution in [3.8, 4) is 5.69 Å². The van der Waals surface area contributed by atoms with E-state index in [-0.39, 0.29) is 17.7 Å². The van der Waals surface area contributed by atoms with Gasteiger partial charge in [-0.1, -0.05) is 30.3 Å². The largest absolute Gasteiger partial charge is 0.451 e. The van der Waals surface area contributed by atoms with E-state index in [2.05, 4.69) is 10.4 Å². The van der Waals surface area contributed by atoms with Crippen molar-refractivity contribution in [2.75, 3.05) is 0 Å². The van der Waals surface area contributed by atoms with Gasteiger partial charge in [0.15, 0.2) is 11.2 Å². The maximum atomic E-state index is 12.4. The van der Waals surface area contributed by atoms with Crippen molar-refractivity contribution in [3.05, 3.63) is 94.6 Å². The Morgan fingerprint density at radius 3 is 2.73 bits per heavy atom. The van der Waals surface area contributed by atoms with Crippen LogP contribution in [-0.2, 0) is 6.54 Å². The van der Waals surface area contributed by atoms with E-state index in [1.54, 1.807) is 35.1 Å². The summed E-state index contributed by atoms with van der Waals surface area (Å²) in [4.78, 5) is 24.6. The Morgan fingerprint density at radius 2 is 1.88 bits per heavy atom. The Hall–Kier alpha value is -3.67. The number of benzene rings is 2. The topological polar surface area (TPSA) is 77.1 Å². The zero-order chi connectivity index (χ0) is 17.9. The highest BCUT2D eigenvalue weighted by molar-refractivity contribution is 5.93. The van der Waals surface area contributed by atoms with Gasteiger partial charge in [-0.3, -0.25) is 9.59 Å². The third-order valence-corrected chi connectivity index (χ3v) is 4.04. The van der Waals surface area contributed by atoms with Crippen LogP contribution in [0.3, 0.4) is 0 Å². The van der Waals surface area contributed by atoms with Crippen LogP contribution in [0.4, 0.5) is 0 Å². The summed E-state index contributed by atoms with van der Waals surface area (Å²) in [5.74, 6) is -0.451. The Labute approximate surface area is 148 Å². The minimum Gasteiger partial charge on any atom is -0.451 e. The SMILES string of the molecule is O=C(NCc1ccccc1-n1cccn1)c1cc(=O)c2ccccc2o1. The number of para-hydroxylation sites is 2. The average Bonchev–Trinajstić information content (AvgIpc) is 3.21. The molecule has 6 heteroatoms. The monoisotopic (exact) mass is 345 g/mol. The molecule has 4 rings (SSSR count). The second-order valence-corrected chi connectivity index (χ2v) is 5.73. The Morgan fingerprint density at radius 1 is 1.08 bits per heavy atom. The standard InChI is InChI=1S/C20H15N3O3/c24-17-12-19(26-18-9-4-2-7-15(17)18)20(25)21-13-14-6-1-3-8-16(14)23-11-5-10-22-23/h1-12H,13H2,(H,21,25). The number of amides is 1. The average molecular weight is 345 g/mol. The highest BCUT2D eigenvalue weighted by atomic mass is 16.3. The van der Waals surface area contributed by atoms with Crippen molar-refractivity contribution in [1.29, 1.82) is 0 Å². The van der Waals surface area contributed by atoms with Gasteiger partial charge in [0.25, 0.3) is 5.91 Å². The van der Waals surface area contributed by atoms with Gasteiger partial charge < -0.3 is 9.73 Å². The number of hydrogen-bond donors (Lipinski definition) is 1. The molecule has 0 aliphatic carbocycles. The molecule has 0 radical (unpaired) electrons. The molecule has 2 aromatic carbocycles. The summed E-state index contributed by atoms with van der Waals surface area (Å²) >= 11 is 0. The van der Waals surface area contributed by atoms with E-state index >= 15 is 0 Å². The molecule has 0 unspecified atom stereocenters. The van der Waals surface area contributed by atoms with Gasteiger partial charge in [-0.25, -0.2) is 4.68 Å². The number of nitrogens with one attached hydrogen (secondary N) is 1. The van der Waals surface area contributed by atoms with E-state index in [9.17, 15) is 9.59 Å². The van der Waals surface area contributed by atoms with Crippen molar-refractivity contribution >= 4 is 16.9 Å². The molecule has 2 heterocycles. The molecule has 0 spiro atoms. The van der Waals surface area contributed by atoms with E-state index in [1.807, 2.05) is 36.5 Å². The number of hydrogen-bond acceptors (Lipinski definition) is 4. The predicted octanol–water partition coefficient (Wildman–Crippen LogP) is 2.91. The molecule has 2 aromatic heterocycles. The zero-order valence-electron chi connectivity index (χ0n) is 13.8. The molecular formula is C20H15N3O3. The predicted molar refractivity (Wildman–Crippen MR) is 97.2 cm³/mol. The molecule has 128 valence electrons. The number of nitrogens with zero attached hydrogens (tertiary/aromatic N) is 2. The lowest BCUT2D eigenvalue weighted by Gasteiger charge is -2.10. The van der Waals surface area contributed by atoms with Crippen LogP contribution < -0.4 is 10.7 Å². The van der Waals surface area contributed by atoms with Crippen molar-refractivity contribution in [2.45, 2.75) is 6.54 Å². The van der Waals surface area contributed by atoms with E-state index in [0.717, 1.165) is 11.3 Å². The number of fused-ring (bicyclic) bond motifs is 1. The lowest BCUT2D eigenvalue weighted by molar-refractivity contribution is 0.0923. The van der Waals surface area contributed by atoms with E-state index < -0.39 is 5.91 Å². The van der Waals surface area contributed by atoms with E-state index in [0.29, 0.717) is 11.0 Å². The quantitative estimate of drug-likeness (QED) is 0.617. The van der Waals surface area contributed by atoms with Gasteiger partial charge in [0, 0.05) is 25.0 Å². The van der Waals surface area contributed by atoms with Crippen LogP contribution in [0.15, 0.2) is 82.3 Å². The number of carbonyl (C=O) groups excluding carboxylic acids is 1. The molecule has 0 aliphatic rings. The fourth-order valence-corrected chi connectivity index (χ4v) is 2.77. The summed E-state index contributed by atoms with van der Waals surface area (Å²) in [6.07, 6.45) is 3.53. The van der Waals surface area contributed by atoms with E-state index in [1.165, 1.54) is 6.07 Å². The van der Waals surface area contributed by atoms with Gasteiger partial charge in [-0.15, -0.1) is 0 Å². The van der Waals surface area contributed by atoms with Crippen LogP contribution in [0, 0.1) is 0 Å². The van der Waals surface area contributed by atoms with Crippen LogP contribution in [0.25, 0.3) is 16.7 Å². The smallest absolute Gasteiger partial charge is 0.287 e. The highest BCUT2D eigenvalue weighted by Crippen LogP contribution is 2.14. The summed E-state index contributed by atoms with van der Waals surface area (Å²) in [6, 6.07) is 17.5. The zero-order valence-corrected chi connectivity index (χ0v) is 13.8. The Kier molecular flexibility index (Phi) is 4.07. The first kappa shape index (κ1) is 15.8. The van der Waals surface area contributed by atoms with Crippen molar-refractivity contribution in [1.82, 2.24) is 15.1 Å². The fourth-order valence-electron chi connectivity index (χ4n) is 2.77. The van der Waals surface area contributed by atoms with Crippen LogP contribution in [0.1, 0.15) is 16.1 Å². The van der Waals surface area contributed by atoms with Crippen LogP contribution in [0.2, 0.25) is 0 Å². The summed E-state index contributed by atoms with van der Waals surface area (Å²) < 4.78 is 7.30. The molecule has 26 heavy (non-hydrogen) atoms. The number of carbonyl (C=O) groups is 1. The van der Waals surface area contributed by atoms with Gasteiger partial charge in [-0.2, -0.15) is 5.10 Å². The first-order valence-electron chi connectivity index (χ1n) is 8.11. The minimum absolute atomic E-state index is 0.00901. The summed E-state index contributed by atoms with van der Waals surface area (Å²) in [5.41, 5.74) is 1.92. The molecule has 0 bridgehead atoms. The summed E-state index contributed by atoms with van der Waals surface area (Å²) in [5, 5.41) is 7.47. The third kappa shape index (κ3) is 3.00. The normalized spacial score (nSPS) is 10.8. The molecule has 0 atom stereocenters. The Bertz CT molecular complexity index is 1130. The molecule has 0 saturated heterocycles. The minimum atomic E-state index is -0.442. The van der Waals surface area contributed by atoms with Crippen molar-refractivity contribution in [2.24, 2.45) is 0 Å². The van der Waals surface area contributed by atoms with Gasteiger partial charge >= 0.3 is 0 Å². The van der Waals surface area contributed by atoms with Gasteiger partial charge in [-0.05, 0) is 29.8 Å². The third-order valence-electron chi connectivity index (χ3n) is 4.04. The molecule has 0 fully saturated rings. The molecule has 1 amide bonds. The van der Waals surface area contributed by atoms with Gasteiger partial charge in [0.05, 0.1) is 11.1 Å². The van der Waals surface area contributed by atoms with Crippen LogP contribution in [-0.4, -0.2) is 15.7 Å². The summed E-state index contributed by atoms with van der Waals surface area (Å²) in [6.45, 7) is 0.283. The number of rotatable bonds is 4. The lowest BCUT2D eigenvalue weighted by Crippen LogP contribution is -2.24. The second-order valence-electron chi connectivity index (χ2n) is 5.73. The second kappa shape index (κ2) is 6.68. The molecule has 4 aromatic rings. The van der Waals surface area contributed by atoms with Gasteiger partial charge in [0.1, 0.15) is 5.58 Å². The van der Waals surface area contributed by atoms with E-state index in [4.69, 9.17) is 4.42 Å². The van der Waals surface area contributed by atoms with Crippen molar-refractivity contribution in [3.63, 3.8) is 0 Å². The maximum Gasteiger partial charge on any atom is 0.287 e. The summed E-state index contributed by atoms with van der Waals surface area (Å²) in [7, 11) is 0.